The summed E-state index contributed by atoms with van der Waals surface area (Å²) >= 11 is 6.04. The number of benzene rings is 2. The maximum atomic E-state index is 12.2. The van der Waals surface area contributed by atoms with E-state index in [2.05, 4.69) is 29.5 Å². The fourth-order valence-electron chi connectivity index (χ4n) is 2.91. The number of nitrogens with one attached hydrogen (secondary N) is 2. The van der Waals surface area contributed by atoms with Gasteiger partial charge >= 0.3 is 0 Å². The van der Waals surface area contributed by atoms with Crippen LogP contribution in [0.2, 0.25) is 5.02 Å². The first-order chi connectivity index (χ1) is 13.4. The number of fused-ring (bicyclic) bond motifs is 1. The zero-order valence-electron chi connectivity index (χ0n) is 16.2. The highest BCUT2D eigenvalue weighted by atomic mass is 35.5. The topological polar surface area (TPSA) is 54.0 Å². The molecule has 0 unspecified atom stereocenters. The van der Waals surface area contributed by atoms with E-state index in [0.29, 0.717) is 10.9 Å². The Morgan fingerprint density at radius 2 is 1.82 bits per heavy atom. The predicted octanol–water partition coefficient (Wildman–Crippen LogP) is 6.01. The lowest BCUT2D eigenvalue weighted by Gasteiger charge is -2.13. The Labute approximate surface area is 170 Å². The number of anilines is 2. The third kappa shape index (κ3) is 5.11. The van der Waals surface area contributed by atoms with Gasteiger partial charge in [0.15, 0.2) is 0 Å². The van der Waals surface area contributed by atoms with Gasteiger partial charge in [0.2, 0.25) is 5.91 Å². The van der Waals surface area contributed by atoms with Gasteiger partial charge in [0.25, 0.3) is 0 Å². The number of amides is 1. The SMILES string of the molecule is CC(C)c1ccc(NC(=O)/C=C/[C@H](C)Nc2ccnc3cc(Cl)ccc23)cc1. The zero-order chi connectivity index (χ0) is 20.1. The summed E-state index contributed by atoms with van der Waals surface area (Å²) in [7, 11) is 0. The first kappa shape index (κ1) is 19.9. The van der Waals surface area contributed by atoms with E-state index in [0.717, 1.165) is 22.3 Å². The molecule has 0 bridgehead atoms. The van der Waals surface area contributed by atoms with Crippen molar-refractivity contribution in [2.75, 3.05) is 10.6 Å². The monoisotopic (exact) mass is 393 g/mol. The quantitative estimate of drug-likeness (QED) is 0.504. The summed E-state index contributed by atoms with van der Waals surface area (Å²) in [5.41, 5.74) is 3.81. The van der Waals surface area contributed by atoms with Crippen LogP contribution in [0.5, 0.6) is 0 Å². The molecule has 28 heavy (non-hydrogen) atoms. The largest absolute Gasteiger partial charge is 0.379 e. The Balaban J connectivity index is 1.62. The molecule has 0 aliphatic carbocycles. The molecular formula is C23H24ClN3O. The second-order valence-electron chi connectivity index (χ2n) is 7.08. The lowest BCUT2D eigenvalue weighted by atomic mass is 10.0. The number of carbonyl (C=O) groups is 1. The molecule has 1 amide bonds. The molecule has 2 aromatic carbocycles. The van der Waals surface area contributed by atoms with Crippen molar-refractivity contribution in [2.24, 2.45) is 0 Å². The maximum absolute atomic E-state index is 12.2. The molecular weight excluding hydrogens is 370 g/mol. The van der Waals surface area contributed by atoms with Crippen molar-refractivity contribution in [1.29, 1.82) is 0 Å². The number of aromatic nitrogens is 1. The Bertz CT molecular complexity index is 996. The smallest absolute Gasteiger partial charge is 0.248 e. The van der Waals surface area contributed by atoms with Gasteiger partial charge in [-0.15, -0.1) is 0 Å². The lowest BCUT2D eigenvalue weighted by Crippen LogP contribution is -2.14. The van der Waals surface area contributed by atoms with E-state index in [1.807, 2.05) is 61.5 Å². The second-order valence-corrected chi connectivity index (χ2v) is 7.51. The minimum atomic E-state index is -0.155. The van der Waals surface area contributed by atoms with Crippen LogP contribution in [-0.2, 0) is 4.79 Å². The molecule has 3 rings (SSSR count). The van der Waals surface area contributed by atoms with Crippen molar-refractivity contribution in [3.8, 4) is 0 Å². The number of pyridine rings is 1. The van der Waals surface area contributed by atoms with E-state index >= 15 is 0 Å². The van der Waals surface area contributed by atoms with Crippen molar-refractivity contribution in [1.82, 2.24) is 4.98 Å². The van der Waals surface area contributed by atoms with Crippen molar-refractivity contribution in [2.45, 2.75) is 32.7 Å². The third-order valence-electron chi connectivity index (χ3n) is 4.47. The van der Waals surface area contributed by atoms with Crippen LogP contribution in [0.4, 0.5) is 11.4 Å². The molecule has 1 aromatic heterocycles. The molecule has 0 aliphatic heterocycles. The average Bonchev–Trinajstić information content (AvgIpc) is 2.67. The van der Waals surface area contributed by atoms with Crippen LogP contribution in [0.1, 0.15) is 32.3 Å². The maximum Gasteiger partial charge on any atom is 0.248 e. The van der Waals surface area contributed by atoms with Gasteiger partial charge in [0.1, 0.15) is 0 Å². The summed E-state index contributed by atoms with van der Waals surface area (Å²) in [4.78, 5) is 16.5. The van der Waals surface area contributed by atoms with Crippen LogP contribution < -0.4 is 10.6 Å². The highest BCUT2D eigenvalue weighted by molar-refractivity contribution is 6.31. The molecule has 2 N–H and O–H groups in total. The van der Waals surface area contributed by atoms with Crippen LogP contribution in [0.25, 0.3) is 10.9 Å². The van der Waals surface area contributed by atoms with Crippen LogP contribution in [0.15, 0.2) is 66.9 Å². The standard InChI is InChI=1S/C23H24ClN3O/c1-15(2)17-5-8-19(9-6-17)27-23(28)11-4-16(3)26-21-12-13-25-22-14-18(24)7-10-20(21)22/h4-16H,1-3H3,(H,25,26)(H,27,28)/b11-4+/t16-/m0/s1. The minimum absolute atomic E-state index is 0.0321. The van der Waals surface area contributed by atoms with Crippen molar-refractivity contribution >= 4 is 39.8 Å². The van der Waals surface area contributed by atoms with Gasteiger partial charge in [0, 0.05) is 40.1 Å². The van der Waals surface area contributed by atoms with Gasteiger partial charge in [0.05, 0.1) is 5.52 Å². The normalized spacial score (nSPS) is 12.5. The van der Waals surface area contributed by atoms with E-state index in [9.17, 15) is 4.79 Å². The van der Waals surface area contributed by atoms with Crippen LogP contribution in [-0.4, -0.2) is 16.9 Å². The summed E-state index contributed by atoms with van der Waals surface area (Å²) in [6.45, 7) is 6.28. The Kier molecular flexibility index (Phi) is 6.32. The summed E-state index contributed by atoms with van der Waals surface area (Å²) in [5.74, 6) is 0.314. The summed E-state index contributed by atoms with van der Waals surface area (Å²) in [6.07, 6.45) is 5.12. The molecule has 3 aromatic rings. The molecule has 5 heteroatoms. The number of nitrogens with zero attached hydrogens (tertiary/aromatic N) is 1. The van der Waals surface area contributed by atoms with Crippen LogP contribution in [0.3, 0.4) is 0 Å². The van der Waals surface area contributed by atoms with Gasteiger partial charge in [-0.1, -0.05) is 43.7 Å². The molecule has 4 nitrogen and oxygen atoms in total. The summed E-state index contributed by atoms with van der Waals surface area (Å²) < 4.78 is 0. The summed E-state index contributed by atoms with van der Waals surface area (Å²) in [5, 5.41) is 7.92. The molecule has 1 atom stereocenters. The fourth-order valence-corrected chi connectivity index (χ4v) is 3.07. The third-order valence-corrected chi connectivity index (χ3v) is 4.70. The van der Waals surface area contributed by atoms with Crippen LogP contribution in [0, 0.1) is 0 Å². The highest BCUT2D eigenvalue weighted by Gasteiger charge is 2.06. The first-order valence-electron chi connectivity index (χ1n) is 9.32. The molecule has 0 radical (unpaired) electrons. The molecule has 0 saturated carbocycles. The molecule has 0 saturated heterocycles. The second kappa shape index (κ2) is 8.89. The number of halogens is 1. The number of carbonyl (C=O) groups excluding carboxylic acids is 1. The van der Waals surface area contributed by atoms with Gasteiger partial charge in [-0.2, -0.15) is 0 Å². The van der Waals surface area contributed by atoms with Crippen molar-refractivity contribution in [3.63, 3.8) is 0 Å². The molecule has 0 aliphatic rings. The fraction of sp³-hybridized carbons (Fsp3) is 0.217. The molecule has 1 heterocycles. The Hall–Kier alpha value is -2.85. The number of hydrogen-bond acceptors (Lipinski definition) is 3. The Morgan fingerprint density at radius 1 is 1.07 bits per heavy atom. The van der Waals surface area contributed by atoms with E-state index in [-0.39, 0.29) is 11.9 Å². The average molecular weight is 394 g/mol. The lowest BCUT2D eigenvalue weighted by molar-refractivity contribution is -0.111. The van der Waals surface area contributed by atoms with Crippen molar-refractivity contribution in [3.05, 3.63) is 77.5 Å². The molecule has 0 fully saturated rings. The summed E-state index contributed by atoms with van der Waals surface area (Å²) in [6, 6.07) is 15.4. The van der Waals surface area contributed by atoms with Gasteiger partial charge in [-0.05, 0) is 54.8 Å². The highest BCUT2D eigenvalue weighted by Crippen LogP contribution is 2.25. The van der Waals surface area contributed by atoms with E-state index in [1.54, 1.807) is 12.3 Å². The van der Waals surface area contributed by atoms with Crippen molar-refractivity contribution < 1.29 is 4.79 Å². The predicted molar refractivity (Wildman–Crippen MR) is 118 cm³/mol. The van der Waals surface area contributed by atoms with E-state index in [4.69, 9.17) is 11.6 Å². The first-order valence-corrected chi connectivity index (χ1v) is 9.70. The minimum Gasteiger partial charge on any atom is -0.379 e. The number of hydrogen-bond donors (Lipinski definition) is 2. The zero-order valence-corrected chi connectivity index (χ0v) is 17.0. The van der Waals surface area contributed by atoms with Gasteiger partial charge in [-0.25, -0.2) is 0 Å². The van der Waals surface area contributed by atoms with E-state index < -0.39 is 0 Å². The molecule has 0 spiro atoms. The Morgan fingerprint density at radius 3 is 2.54 bits per heavy atom. The van der Waals surface area contributed by atoms with E-state index in [1.165, 1.54) is 5.56 Å². The van der Waals surface area contributed by atoms with Crippen LogP contribution >= 0.6 is 11.6 Å². The molecule has 144 valence electrons. The number of rotatable bonds is 6. The van der Waals surface area contributed by atoms with Gasteiger partial charge < -0.3 is 10.6 Å². The van der Waals surface area contributed by atoms with Gasteiger partial charge in [-0.3, -0.25) is 9.78 Å².